The molecule has 1 heterocycles. The average Bonchev–Trinajstić information content (AvgIpc) is 2.49. The molecule has 5 nitrogen and oxygen atoms in total. The zero-order chi connectivity index (χ0) is 15.1. The Morgan fingerprint density at radius 3 is 2.52 bits per heavy atom. The smallest absolute Gasteiger partial charge is 0.302 e. The van der Waals surface area contributed by atoms with Gasteiger partial charge in [-0.15, -0.1) is 0 Å². The minimum Gasteiger partial charge on any atom is -0.490 e. The van der Waals surface area contributed by atoms with Gasteiger partial charge in [-0.3, -0.25) is 14.5 Å². The summed E-state index contributed by atoms with van der Waals surface area (Å²) in [6.45, 7) is 4.54. The first-order valence-electron chi connectivity index (χ1n) is 7.25. The van der Waals surface area contributed by atoms with Crippen LogP contribution in [0.15, 0.2) is 24.3 Å². The largest absolute Gasteiger partial charge is 0.490 e. The van der Waals surface area contributed by atoms with Crippen molar-refractivity contribution >= 4 is 12.3 Å². The fourth-order valence-electron chi connectivity index (χ4n) is 2.39. The molecule has 0 amide bonds. The molecule has 1 fully saturated rings. The van der Waals surface area contributed by atoms with Crippen molar-refractivity contribution < 1.29 is 19.1 Å². The summed E-state index contributed by atoms with van der Waals surface area (Å²) >= 11 is 0. The van der Waals surface area contributed by atoms with Crippen LogP contribution in [0, 0.1) is 0 Å². The van der Waals surface area contributed by atoms with Crippen molar-refractivity contribution in [2.24, 2.45) is 0 Å². The molecule has 21 heavy (non-hydrogen) atoms. The number of hydrogen-bond donors (Lipinski definition) is 0. The molecule has 0 bridgehead atoms. The first-order chi connectivity index (χ1) is 10.2. The number of carbonyl (C=O) groups is 2. The molecule has 1 aromatic rings. The quantitative estimate of drug-likeness (QED) is 0.592. The Morgan fingerprint density at radius 2 is 1.95 bits per heavy atom. The van der Waals surface area contributed by atoms with Gasteiger partial charge in [0.15, 0.2) is 0 Å². The van der Waals surface area contributed by atoms with E-state index in [-0.39, 0.29) is 12.1 Å². The number of nitrogens with zero attached hydrogens (tertiary/aromatic N) is 1. The van der Waals surface area contributed by atoms with Gasteiger partial charge in [-0.05, 0) is 37.1 Å². The average molecular weight is 291 g/mol. The van der Waals surface area contributed by atoms with Gasteiger partial charge < -0.3 is 9.47 Å². The number of rotatable bonds is 6. The molecule has 2 rings (SSSR count). The van der Waals surface area contributed by atoms with E-state index < -0.39 is 0 Å². The van der Waals surface area contributed by atoms with Gasteiger partial charge in [0.1, 0.15) is 24.7 Å². The molecule has 0 radical (unpaired) electrons. The number of benzene rings is 1. The zero-order valence-corrected chi connectivity index (χ0v) is 12.3. The predicted octanol–water partition coefficient (Wildman–Crippen LogP) is 1.91. The van der Waals surface area contributed by atoms with Crippen LogP contribution in [0.25, 0.3) is 0 Å². The lowest BCUT2D eigenvalue weighted by atomic mass is 10.1. The van der Waals surface area contributed by atoms with E-state index in [1.54, 1.807) is 12.1 Å². The minimum absolute atomic E-state index is 0.206. The summed E-state index contributed by atoms with van der Waals surface area (Å²) in [7, 11) is 0. The summed E-state index contributed by atoms with van der Waals surface area (Å²) in [5.74, 6) is 0.575. The fourth-order valence-corrected chi connectivity index (χ4v) is 2.39. The van der Waals surface area contributed by atoms with Crippen molar-refractivity contribution in [1.29, 1.82) is 0 Å². The van der Waals surface area contributed by atoms with Crippen LogP contribution in [0.4, 0.5) is 0 Å². The Bertz CT molecular complexity index is 464. The first kappa shape index (κ1) is 15.5. The normalized spacial score (nSPS) is 16.4. The number of carbonyl (C=O) groups excluding carboxylic acids is 2. The van der Waals surface area contributed by atoms with Gasteiger partial charge in [0, 0.05) is 32.1 Å². The number of esters is 1. The summed E-state index contributed by atoms with van der Waals surface area (Å²) in [5, 5.41) is 0. The third kappa shape index (κ3) is 5.19. The van der Waals surface area contributed by atoms with Gasteiger partial charge in [0.25, 0.3) is 0 Å². The summed E-state index contributed by atoms with van der Waals surface area (Å²) in [6.07, 6.45) is 2.94. The summed E-state index contributed by atoms with van der Waals surface area (Å²) in [6, 6.07) is 7.18. The van der Waals surface area contributed by atoms with Crippen molar-refractivity contribution in [3.8, 4) is 5.75 Å². The van der Waals surface area contributed by atoms with E-state index in [9.17, 15) is 9.59 Å². The maximum Gasteiger partial charge on any atom is 0.302 e. The van der Waals surface area contributed by atoms with Crippen LogP contribution < -0.4 is 4.74 Å². The topological polar surface area (TPSA) is 55.8 Å². The summed E-state index contributed by atoms with van der Waals surface area (Å²) < 4.78 is 10.9. The van der Waals surface area contributed by atoms with Crippen LogP contribution >= 0.6 is 0 Å². The Labute approximate surface area is 124 Å². The highest BCUT2D eigenvalue weighted by Crippen LogP contribution is 2.19. The number of hydrogen-bond acceptors (Lipinski definition) is 5. The molecule has 114 valence electrons. The minimum atomic E-state index is -0.230. The monoisotopic (exact) mass is 291 g/mol. The van der Waals surface area contributed by atoms with E-state index in [1.807, 2.05) is 12.1 Å². The zero-order valence-electron chi connectivity index (χ0n) is 12.3. The van der Waals surface area contributed by atoms with Gasteiger partial charge >= 0.3 is 5.97 Å². The van der Waals surface area contributed by atoms with Crippen molar-refractivity contribution in [2.45, 2.75) is 25.9 Å². The molecule has 0 saturated carbocycles. The van der Waals surface area contributed by atoms with Crippen molar-refractivity contribution in [1.82, 2.24) is 4.90 Å². The fraction of sp³-hybridized carbons (Fsp3) is 0.500. The maximum absolute atomic E-state index is 10.7. The molecule has 1 aliphatic heterocycles. The SMILES string of the molecule is CC(=O)OCCN1CCC(Oc2ccc(C=O)cc2)CC1. The number of piperidine rings is 1. The third-order valence-electron chi connectivity index (χ3n) is 3.57. The Kier molecular flexibility index (Phi) is 5.75. The van der Waals surface area contributed by atoms with Gasteiger partial charge in [0.05, 0.1) is 0 Å². The molecular weight excluding hydrogens is 270 g/mol. The molecule has 1 saturated heterocycles. The van der Waals surface area contributed by atoms with Crippen LogP contribution in [0.2, 0.25) is 0 Å². The molecule has 0 spiro atoms. The lowest BCUT2D eigenvalue weighted by molar-refractivity contribution is -0.141. The van der Waals surface area contributed by atoms with Crippen LogP contribution in [0.3, 0.4) is 0 Å². The Hall–Kier alpha value is -1.88. The third-order valence-corrected chi connectivity index (χ3v) is 3.57. The number of aldehydes is 1. The van der Waals surface area contributed by atoms with E-state index in [0.717, 1.165) is 44.5 Å². The van der Waals surface area contributed by atoms with Gasteiger partial charge in [-0.25, -0.2) is 0 Å². The van der Waals surface area contributed by atoms with Crippen molar-refractivity contribution in [3.63, 3.8) is 0 Å². The van der Waals surface area contributed by atoms with Crippen LogP contribution in [-0.2, 0) is 9.53 Å². The lowest BCUT2D eigenvalue weighted by Crippen LogP contribution is -2.40. The Balaban J connectivity index is 1.70. The molecule has 5 heteroatoms. The second-order valence-corrected chi connectivity index (χ2v) is 5.19. The number of ether oxygens (including phenoxy) is 2. The van der Waals surface area contributed by atoms with E-state index in [1.165, 1.54) is 6.92 Å². The first-order valence-corrected chi connectivity index (χ1v) is 7.25. The highest BCUT2D eigenvalue weighted by molar-refractivity contribution is 5.74. The van der Waals surface area contributed by atoms with E-state index in [2.05, 4.69) is 4.90 Å². The molecule has 0 aromatic heterocycles. The molecule has 1 aromatic carbocycles. The molecule has 0 aliphatic carbocycles. The molecular formula is C16H21NO4. The van der Waals surface area contributed by atoms with E-state index >= 15 is 0 Å². The lowest BCUT2D eigenvalue weighted by Gasteiger charge is -2.31. The van der Waals surface area contributed by atoms with E-state index in [0.29, 0.717) is 12.2 Å². The van der Waals surface area contributed by atoms with Crippen molar-refractivity contribution in [2.75, 3.05) is 26.2 Å². The highest BCUT2D eigenvalue weighted by atomic mass is 16.5. The van der Waals surface area contributed by atoms with Gasteiger partial charge in [-0.2, -0.15) is 0 Å². The summed E-state index contributed by atoms with van der Waals surface area (Å²) in [4.78, 5) is 23.6. The van der Waals surface area contributed by atoms with Gasteiger partial charge in [-0.1, -0.05) is 0 Å². The highest BCUT2D eigenvalue weighted by Gasteiger charge is 2.20. The molecule has 0 unspecified atom stereocenters. The predicted molar refractivity (Wildman–Crippen MR) is 78.6 cm³/mol. The standard InChI is InChI=1S/C16H21NO4/c1-13(19)20-11-10-17-8-6-16(7-9-17)21-15-4-2-14(12-18)3-5-15/h2-5,12,16H,6-11H2,1H3. The molecule has 0 atom stereocenters. The second kappa shape index (κ2) is 7.78. The van der Waals surface area contributed by atoms with Gasteiger partial charge in [0.2, 0.25) is 0 Å². The van der Waals surface area contributed by atoms with Crippen LogP contribution in [0.5, 0.6) is 5.75 Å². The number of likely N-dealkylation sites (tertiary alicyclic amines) is 1. The maximum atomic E-state index is 10.7. The Morgan fingerprint density at radius 1 is 1.29 bits per heavy atom. The molecule has 1 aliphatic rings. The second-order valence-electron chi connectivity index (χ2n) is 5.19. The van der Waals surface area contributed by atoms with Crippen LogP contribution in [-0.4, -0.2) is 49.5 Å². The molecule has 0 N–H and O–H groups in total. The van der Waals surface area contributed by atoms with E-state index in [4.69, 9.17) is 9.47 Å². The van der Waals surface area contributed by atoms with Crippen LogP contribution in [0.1, 0.15) is 30.1 Å². The van der Waals surface area contributed by atoms with Crippen molar-refractivity contribution in [3.05, 3.63) is 29.8 Å². The summed E-state index contributed by atoms with van der Waals surface area (Å²) in [5.41, 5.74) is 0.655.